The van der Waals surface area contributed by atoms with Crippen molar-refractivity contribution in [3.05, 3.63) is 71.2 Å². The van der Waals surface area contributed by atoms with Gasteiger partial charge in [-0.25, -0.2) is 9.78 Å². The SMILES string of the molecule is O=C(O)c1ccc(-c2nc([C@H]3CCCCN3C(=O)COc3ccccc3)cs2)cc1. The molecule has 0 unspecified atom stereocenters. The fourth-order valence-electron chi connectivity index (χ4n) is 3.61. The molecule has 0 spiro atoms. The van der Waals surface area contributed by atoms with Gasteiger partial charge in [-0.2, -0.15) is 0 Å². The van der Waals surface area contributed by atoms with Crippen LogP contribution < -0.4 is 4.74 Å². The number of likely N-dealkylation sites (tertiary alicyclic amines) is 1. The van der Waals surface area contributed by atoms with Crippen molar-refractivity contribution in [2.45, 2.75) is 25.3 Å². The molecule has 154 valence electrons. The van der Waals surface area contributed by atoms with Crippen molar-refractivity contribution in [2.24, 2.45) is 0 Å². The molecule has 0 aliphatic carbocycles. The number of carbonyl (C=O) groups is 2. The highest BCUT2D eigenvalue weighted by molar-refractivity contribution is 7.13. The third kappa shape index (κ3) is 4.52. The van der Waals surface area contributed by atoms with Gasteiger partial charge in [0.25, 0.3) is 5.91 Å². The molecule has 0 bridgehead atoms. The van der Waals surface area contributed by atoms with Gasteiger partial charge in [0.15, 0.2) is 6.61 Å². The molecule has 1 aliphatic rings. The monoisotopic (exact) mass is 422 g/mol. The number of hydrogen-bond acceptors (Lipinski definition) is 5. The highest BCUT2D eigenvalue weighted by Crippen LogP contribution is 2.34. The van der Waals surface area contributed by atoms with E-state index in [1.165, 1.54) is 11.3 Å². The number of nitrogens with zero attached hydrogens (tertiary/aromatic N) is 2. The Bertz CT molecular complexity index is 1020. The van der Waals surface area contributed by atoms with Crippen molar-refractivity contribution in [1.29, 1.82) is 0 Å². The molecule has 0 saturated carbocycles. The molecule has 4 rings (SSSR count). The summed E-state index contributed by atoms with van der Waals surface area (Å²) in [6, 6.07) is 16.0. The van der Waals surface area contributed by atoms with Crippen molar-refractivity contribution in [3.63, 3.8) is 0 Å². The summed E-state index contributed by atoms with van der Waals surface area (Å²) in [6.45, 7) is 0.704. The van der Waals surface area contributed by atoms with E-state index >= 15 is 0 Å². The van der Waals surface area contributed by atoms with Gasteiger partial charge in [0.05, 0.1) is 17.3 Å². The molecule has 1 fully saturated rings. The number of carbonyl (C=O) groups excluding carboxylic acids is 1. The standard InChI is InChI=1S/C23H22N2O4S/c26-21(14-29-18-6-2-1-3-7-18)25-13-5-4-8-20(25)19-15-30-22(24-19)16-9-11-17(12-10-16)23(27)28/h1-3,6-7,9-12,15,20H,4-5,8,13-14H2,(H,27,28)/t20-/m1/s1. The fourth-order valence-corrected chi connectivity index (χ4v) is 4.48. The minimum absolute atomic E-state index is 0.00809. The summed E-state index contributed by atoms with van der Waals surface area (Å²) >= 11 is 1.51. The van der Waals surface area contributed by atoms with E-state index in [0.29, 0.717) is 12.3 Å². The molecule has 7 heteroatoms. The van der Waals surface area contributed by atoms with Gasteiger partial charge in [-0.3, -0.25) is 4.79 Å². The molecule has 6 nitrogen and oxygen atoms in total. The number of aromatic carboxylic acids is 1. The lowest BCUT2D eigenvalue weighted by atomic mass is 10.00. The van der Waals surface area contributed by atoms with Crippen molar-refractivity contribution < 1.29 is 19.4 Å². The minimum atomic E-state index is -0.949. The third-order valence-corrected chi connectivity index (χ3v) is 6.08. The largest absolute Gasteiger partial charge is 0.484 e. The molecule has 2 heterocycles. The lowest BCUT2D eigenvalue weighted by molar-refractivity contribution is -0.137. The van der Waals surface area contributed by atoms with E-state index < -0.39 is 5.97 Å². The van der Waals surface area contributed by atoms with Crippen LogP contribution in [-0.2, 0) is 4.79 Å². The molecule has 3 aromatic rings. The van der Waals surface area contributed by atoms with Crippen LogP contribution in [0.1, 0.15) is 41.4 Å². The second-order valence-corrected chi connectivity index (χ2v) is 8.02. The number of hydrogen-bond donors (Lipinski definition) is 1. The number of aromatic nitrogens is 1. The first-order valence-corrected chi connectivity index (χ1v) is 10.8. The Hall–Kier alpha value is -3.19. The number of benzene rings is 2. The van der Waals surface area contributed by atoms with E-state index in [-0.39, 0.29) is 24.1 Å². The Kier molecular flexibility index (Phi) is 6.09. The van der Waals surface area contributed by atoms with Crippen molar-refractivity contribution in [3.8, 4) is 16.3 Å². The van der Waals surface area contributed by atoms with Crippen LogP contribution in [0, 0.1) is 0 Å². The van der Waals surface area contributed by atoms with Gasteiger partial charge >= 0.3 is 5.97 Å². The highest BCUT2D eigenvalue weighted by atomic mass is 32.1. The molecule has 1 aliphatic heterocycles. The van der Waals surface area contributed by atoms with Crippen LogP contribution >= 0.6 is 11.3 Å². The fraction of sp³-hybridized carbons (Fsp3) is 0.261. The average molecular weight is 423 g/mol. The quantitative estimate of drug-likeness (QED) is 0.626. The molecule has 0 radical (unpaired) electrons. The Labute approximate surface area is 178 Å². The zero-order chi connectivity index (χ0) is 20.9. The Morgan fingerprint density at radius 3 is 2.60 bits per heavy atom. The predicted molar refractivity (Wildman–Crippen MR) is 115 cm³/mol. The van der Waals surface area contributed by atoms with Crippen LogP contribution in [0.15, 0.2) is 60.0 Å². The summed E-state index contributed by atoms with van der Waals surface area (Å²) in [5, 5.41) is 11.9. The molecule has 30 heavy (non-hydrogen) atoms. The van der Waals surface area contributed by atoms with Gasteiger partial charge in [0.1, 0.15) is 10.8 Å². The van der Waals surface area contributed by atoms with Crippen molar-refractivity contribution >= 4 is 23.2 Å². The van der Waals surface area contributed by atoms with E-state index in [1.807, 2.05) is 40.6 Å². The second-order valence-electron chi connectivity index (χ2n) is 7.16. The highest BCUT2D eigenvalue weighted by Gasteiger charge is 2.30. The Morgan fingerprint density at radius 2 is 1.87 bits per heavy atom. The maximum absolute atomic E-state index is 12.9. The molecule has 1 aromatic heterocycles. The van der Waals surface area contributed by atoms with Gasteiger partial charge in [-0.05, 0) is 43.5 Å². The number of rotatable bonds is 6. The first-order chi connectivity index (χ1) is 14.6. The maximum atomic E-state index is 12.9. The molecule has 1 atom stereocenters. The van der Waals surface area contributed by atoms with Gasteiger partial charge in [-0.15, -0.1) is 11.3 Å². The Morgan fingerprint density at radius 1 is 1.10 bits per heavy atom. The van der Waals surface area contributed by atoms with E-state index in [4.69, 9.17) is 14.8 Å². The smallest absolute Gasteiger partial charge is 0.335 e. The van der Waals surface area contributed by atoms with E-state index in [0.717, 1.165) is 35.5 Å². The number of para-hydroxylation sites is 1. The molecule has 1 amide bonds. The number of thiazole rings is 1. The molecule has 2 aromatic carbocycles. The van der Waals surface area contributed by atoms with Crippen LogP contribution in [-0.4, -0.2) is 40.0 Å². The number of ether oxygens (including phenoxy) is 1. The van der Waals surface area contributed by atoms with Crippen LogP contribution in [0.25, 0.3) is 10.6 Å². The number of amides is 1. The number of piperidine rings is 1. The summed E-state index contributed by atoms with van der Waals surface area (Å²) in [6.07, 6.45) is 2.90. The normalized spacial score (nSPS) is 16.3. The van der Waals surface area contributed by atoms with Crippen molar-refractivity contribution in [1.82, 2.24) is 9.88 Å². The second kappa shape index (κ2) is 9.09. The Balaban J connectivity index is 1.47. The molecular weight excluding hydrogens is 400 g/mol. The topological polar surface area (TPSA) is 79.7 Å². The van der Waals surface area contributed by atoms with Crippen LogP contribution in [0.2, 0.25) is 0 Å². The van der Waals surface area contributed by atoms with E-state index in [2.05, 4.69) is 0 Å². The van der Waals surface area contributed by atoms with Crippen LogP contribution in [0.4, 0.5) is 0 Å². The summed E-state index contributed by atoms with van der Waals surface area (Å²) < 4.78 is 5.65. The van der Waals surface area contributed by atoms with Gasteiger partial charge < -0.3 is 14.7 Å². The zero-order valence-corrected chi connectivity index (χ0v) is 17.2. The molecule has 1 saturated heterocycles. The lowest BCUT2D eigenvalue weighted by Crippen LogP contribution is -2.41. The van der Waals surface area contributed by atoms with Gasteiger partial charge in [-0.1, -0.05) is 30.3 Å². The van der Waals surface area contributed by atoms with Crippen LogP contribution in [0.5, 0.6) is 5.75 Å². The van der Waals surface area contributed by atoms with Gasteiger partial charge in [0, 0.05) is 17.5 Å². The summed E-state index contributed by atoms with van der Waals surface area (Å²) in [7, 11) is 0. The van der Waals surface area contributed by atoms with Crippen molar-refractivity contribution in [2.75, 3.05) is 13.2 Å². The zero-order valence-electron chi connectivity index (χ0n) is 16.4. The molecule has 1 N–H and O–H groups in total. The number of carboxylic acid groups (broad SMARTS) is 1. The predicted octanol–water partition coefficient (Wildman–Crippen LogP) is 4.64. The summed E-state index contributed by atoms with van der Waals surface area (Å²) in [5.74, 6) is -0.306. The van der Waals surface area contributed by atoms with E-state index in [1.54, 1.807) is 24.3 Å². The number of carboxylic acids is 1. The maximum Gasteiger partial charge on any atom is 0.335 e. The summed E-state index contributed by atoms with van der Waals surface area (Å²) in [4.78, 5) is 30.5. The average Bonchev–Trinajstić information content (AvgIpc) is 3.28. The lowest BCUT2D eigenvalue weighted by Gasteiger charge is -2.34. The molecular formula is C23H22N2O4S. The van der Waals surface area contributed by atoms with Crippen LogP contribution in [0.3, 0.4) is 0 Å². The third-order valence-electron chi connectivity index (χ3n) is 5.17. The minimum Gasteiger partial charge on any atom is -0.484 e. The first kappa shape index (κ1) is 20.1. The summed E-state index contributed by atoms with van der Waals surface area (Å²) in [5.41, 5.74) is 2.00. The first-order valence-electron chi connectivity index (χ1n) is 9.88. The van der Waals surface area contributed by atoms with E-state index in [9.17, 15) is 9.59 Å². The van der Waals surface area contributed by atoms with Gasteiger partial charge in [0.2, 0.25) is 0 Å².